The van der Waals surface area contributed by atoms with Crippen LogP contribution in [0.15, 0.2) is 29.1 Å². The fraction of sp³-hybridized carbons (Fsp3) is 0.308. The number of nitrogens with one attached hydrogen (secondary N) is 1. The van der Waals surface area contributed by atoms with Crippen molar-refractivity contribution in [3.8, 4) is 11.3 Å². The van der Waals surface area contributed by atoms with E-state index in [9.17, 15) is 0 Å². The molecule has 0 radical (unpaired) electrons. The fourth-order valence-electron chi connectivity index (χ4n) is 2.36. The van der Waals surface area contributed by atoms with Crippen LogP contribution in [0.25, 0.3) is 11.3 Å². The minimum Gasteiger partial charge on any atom is -0.339 e. The largest absolute Gasteiger partial charge is 0.339 e. The van der Waals surface area contributed by atoms with Crippen molar-refractivity contribution in [2.24, 2.45) is 0 Å². The van der Waals surface area contributed by atoms with E-state index in [1.165, 1.54) is 42.4 Å². The quantitative estimate of drug-likeness (QED) is 0.845. The summed E-state index contributed by atoms with van der Waals surface area (Å²) in [4.78, 5) is 7.39. The van der Waals surface area contributed by atoms with Crippen LogP contribution in [0, 0.1) is 0 Å². The first-order chi connectivity index (χ1) is 7.84. The minimum absolute atomic E-state index is 0.961. The molecule has 0 saturated carbocycles. The number of aryl methyl sites for hydroxylation is 2. The average Bonchev–Trinajstić information content (AvgIpc) is 2.75. The summed E-state index contributed by atoms with van der Waals surface area (Å²) in [6.45, 7) is 0. The number of fused-ring (bicyclic) bond motifs is 1. The van der Waals surface area contributed by atoms with E-state index in [-0.39, 0.29) is 0 Å². The van der Waals surface area contributed by atoms with Gasteiger partial charge in [-0.15, -0.1) is 0 Å². The molecule has 0 amide bonds. The second-order valence-electron chi connectivity index (χ2n) is 4.26. The van der Waals surface area contributed by atoms with Gasteiger partial charge < -0.3 is 4.98 Å². The molecule has 2 aromatic rings. The van der Waals surface area contributed by atoms with Gasteiger partial charge in [0.25, 0.3) is 0 Å². The van der Waals surface area contributed by atoms with E-state index >= 15 is 0 Å². The second-order valence-corrected chi connectivity index (χ2v) is 5.05. The second kappa shape index (κ2) is 4.06. The summed E-state index contributed by atoms with van der Waals surface area (Å²) in [6, 6.07) is 6.71. The molecule has 0 aliphatic heterocycles. The van der Waals surface area contributed by atoms with Gasteiger partial charge in [-0.1, -0.05) is 12.1 Å². The SMILES string of the molecule is Brc1[nH]cnc1-c1ccc2c(c1)CCCC2. The van der Waals surface area contributed by atoms with Crippen LogP contribution in [0.3, 0.4) is 0 Å². The molecular weight excluding hydrogens is 264 g/mol. The topological polar surface area (TPSA) is 28.7 Å². The lowest BCUT2D eigenvalue weighted by Gasteiger charge is -2.16. The molecule has 82 valence electrons. The predicted octanol–water partition coefficient (Wildman–Crippen LogP) is 3.72. The van der Waals surface area contributed by atoms with Crippen LogP contribution in [0.2, 0.25) is 0 Å². The molecule has 0 bridgehead atoms. The van der Waals surface area contributed by atoms with Crippen molar-refractivity contribution in [3.05, 3.63) is 40.3 Å². The van der Waals surface area contributed by atoms with E-state index in [0.29, 0.717) is 0 Å². The van der Waals surface area contributed by atoms with Gasteiger partial charge in [-0.05, 0) is 58.8 Å². The molecule has 0 spiro atoms. The Balaban J connectivity index is 2.06. The van der Waals surface area contributed by atoms with E-state index in [1.54, 1.807) is 6.33 Å². The van der Waals surface area contributed by atoms with Gasteiger partial charge in [-0.3, -0.25) is 0 Å². The summed E-state index contributed by atoms with van der Waals surface area (Å²) in [5.74, 6) is 0. The Bertz CT molecular complexity index is 516. The molecule has 1 aromatic heterocycles. The summed E-state index contributed by atoms with van der Waals surface area (Å²) < 4.78 is 0.961. The Labute approximate surface area is 103 Å². The number of aromatic amines is 1. The van der Waals surface area contributed by atoms with Crippen molar-refractivity contribution in [3.63, 3.8) is 0 Å². The lowest BCUT2D eigenvalue weighted by molar-refractivity contribution is 0.686. The number of aromatic nitrogens is 2. The number of hydrogen-bond donors (Lipinski definition) is 1. The maximum absolute atomic E-state index is 4.33. The highest BCUT2D eigenvalue weighted by atomic mass is 79.9. The van der Waals surface area contributed by atoms with Crippen LogP contribution in [0.5, 0.6) is 0 Å². The van der Waals surface area contributed by atoms with E-state index in [1.807, 2.05) is 0 Å². The summed E-state index contributed by atoms with van der Waals surface area (Å²) in [7, 11) is 0. The first kappa shape index (κ1) is 10.1. The summed E-state index contributed by atoms with van der Waals surface area (Å²) in [6.07, 6.45) is 6.82. The summed E-state index contributed by atoms with van der Waals surface area (Å²) in [5.41, 5.74) is 5.22. The molecule has 0 unspecified atom stereocenters. The zero-order valence-corrected chi connectivity index (χ0v) is 10.5. The smallest absolute Gasteiger partial charge is 0.110 e. The van der Waals surface area contributed by atoms with Crippen LogP contribution in [0.4, 0.5) is 0 Å². The van der Waals surface area contributed by atoms with E-state index in [4.69, 9.17) is 0 Å². The molecule has 1 heterocycles. The number of benzene rings is 1. The third-order valence-corrected chi connectivity index (χ3v) is 3.82. The Morgan fingerprint density at radius 2 is 1.94 bits per heavy atom. The van der Waals surface area contributed by atoms with E-state index < -0.39 is 0 Å². The molecule has 1 aliphatic carbocycles. The van der Waals surface area contributed by atoms with Gasteiger partial charge in [0, 0.05) is 5.56 Å². The molecule has 1 N–H and O–H groups in total. The molecule has 3 heteroatoms. The maximum atomic E-state index is 4.33. The molecule has 0 fully saturated rings. The zero-order valence-electron chi connectivity index (χ0n) is 8.96. The first-order valence-electron chi connectivity index (χ1n) is 5.65. The number of imidazole rings is 1. The molecule has 0 atom stereocenters. The summed E-state index contributed by atoms with van der Waals surface area (Å²) >= 11 is 3.48. The van der Waals surface area contributed by atoms with Crippen LogP contribution < -0.4 is 0 Å². The van der Waals surface area contributed by atoms with Crippen molar-refractivity contribution >= 4 is 15.9 Å². The van der Waals surface area contributed by atoms with Gasteiger partial charge >= 0.3 is 0 Å². The highest BCUT2D eigenvalue weighted by Gasteiger charge is 2.12. The van der Waals surface area contributed by atoms with Gasteiger partial charge in [-0.25, -0.2) is 4.98 Å². The lowest BCUT2D eigenvalue weighted by Crippen LogP contribution is -2.02. The number of H-pyrrole nitrogens is 1. The third kappa shape index (κ3) is 1.69. The van der Waals surface area contributed by atoms with Crippen molar-refractivity contribution in [2.45, 2.75) is 25.7 Å². The highest BCUT2D eigenvalue weighted by Crippen LogP contribution is 2.29. The number of halogens is 1. The van der Waals surface area contributed by atoms with Crippen LogP contribution in [-0.2, 0) is 12.8 Å². The Hall–Kier alpha value is -1.09. The Morgan fingerprint density at radius 1 is 1.12 bits per heavy atom. The Morgan fingerprint density at radius 3 is 2.69 bits per heavy atom. The predicted molar refractivity (Wildman–Crippen MR) is 68.4 cm³/mol. The molecular formula is C13H13BrN2. The number of nitrogens with zero attached hydrogens (tertiary/aromatic N) is 1. The Kier molecular flexibility index (Phi) is 2.56. The fourth-order valence-corrected chi connectivity index (χ4v) is 2.79. The van der Waals surface area contributed by atoms with Gasteiger partial charge in [0.1, 0.15) is 10.3 Å². The van der Waals surface area contributed by atoms with E-state index in [0.717, 1.165) is 10.3 Å². The van der Waals surface area contributed by atoms with Gasteiger partial charge in [-0.2, -0.15) is 0 Å². The normalized spacial score (nSPS) is 14.8. The number of rotatable bonds is 1. The third-order valence-electron chi connectivity index (χ3n) is 3.21. The standard InChI is InChI=1S/C13H13BrN2/c14-13-12(15-8-16-13)11-6-5-9-3-1-2-4-10(9)7-11/h5-8H,1-4H2,(H,15,16). The molecule has 16 heavy (non-hydrogen) atoms. The van der Waals surface area contributed by atoms with Crippen molar-refractivity contribution in [2.75, 3.05) is 0 Å². The molecule has 3 rings (SSSR count). The molecule has 2 nitrogen and oxygen atoms in total. The lowest BCUT2D eigenvalue weighted by atomic mass is 9.90. The molecule has 1 aliphatic rings. The molecule has 0 saturated heterocycles. The average molecular weight is 277 g/mol. The van der Waals surface area contributed by atoms with E-state index in [2.05, 4.69) is 44.1 Å². The van der Waals surface area contributed by atoms with Gasteiger partial charge in [0.15, 0.2) is 0 Å². The zero-order chi connectivity index (χ0) is 11.0. The van der Waals surface area contributed by atoms with Crippen LogP contribution in [0.1, 0.15) is 24.0 Å². The van der Waals surface area contributed by atoms with Gasteiger partial charge in [0.2, 0.25) is 0 Å². The first-order valence-corrected chi connectivity index (χ1v) is 6.45. The van der Waals surface area contributed by atoms with Crippen molar-refractivity contribution < 1.29 is 0 Å². The molecule has 1 aromatic carbocycles. The van der Waals surface area contributed by atoms with Crippen LogP contribution >= 0.6 is 15.9 Å². The highest BCUT2D eigenvalue weighted by molar-refractivity contribution is 9.10. The van der Waals surface area contributed by atoms with Gasteiger partial charge in [0.05, 0.1) is 6.33 Å². The van der Waals surface area contributed by atoms with Crippen molar-refractivity contribution in [1.82, 2.24) is 9.97 Å². The maximum Gasteiger partial charge on any atom is 0.110 e. The monoisotopic (exact) mass is 276 g/mol. The minimum atomic E-state index is 0.961. The van der Waals surface area contributed by atoms with Crippen molar-refractivity contribution in [1.29, 1.82) is 0 Å². The summed E-state index contributed by atoms with van der Waals surface area (Å²) in [5, 5.41) is 0. The number of hydrogen-bond acceptors (Lipinski definition) is 1. The van der Waals surface area contributed by atoms with Crippen LogP contribution in [-0.4, -0.2) is 9.97 Å².